The van der Waals surface area contributed by atoms with Crippen molar-refractivity contribution < 1.29 is 41.1 Å². The van der Waals surface area contributed by atoms with E-state index in [0.717, 1.165) is 12.0 Å². The number of hydrogen-bond donors (Lipinski definition) is 0. The molecule has 0 saturated carbocycles. The third kappa shape index (κ3) is 8.36. The van der Waals surface area contributed by atoms with Gasteiger partial charge in [-0.05, 0) is 84.2 Å². The molecule has 14 heteroatoms. The molecule has 2 amide bonds. The summed E-state index contributed by atoms with van der Waals surface area (Å²) in [5, 5.41) is 3.45. The second-order valence-corrected chi connectivity index (χ2v) is 16.1. The Balaban J connectivity index is 1.63. The number of aryl methyl sites for hydroxylation is 1. The van der Waals surface area contributed by atoms with E-state index < -0.39 is 44.3 Å². The third-order valence-electron chi connectivity index (χ3n) is 7.51. The Bertz CT molecular complexity index is 1950. The molecule has 1 aliphatic rings. The van der Waals surface area contributed by atoms with Crippen molar-refractivity contribution in [1.29, 1.82) is 0 Å². The summed E-state index contributed by atoms with van der Waals surface area (Å²) in [6, 6.07) is 12.4. The van der Waals surface area contributed by atoms with E-state index in [-0.39, 0.29) is 45.7 Å². The second kappa shape index (κ2) is 14.3. The van der Waals surface area contributed by atoms with Crippen LogP contribution in [0.15, 0.2) is 64.1 Å². The monoisotopic (exact) mass is 708 g/mol. The van der Waals surface area contributed by atoms with Gasteiger partial charge in [0.1, 0.15) is 22.7 Å². The van der Waals surface area contributed by atoms with Crippen molar-refractivity contribution in [3.63, 3.8) is 0 Å². The lowest BCUT2D eigenvalue weighted by Crippen LogP contribution is -2.44. The molecule has 0 radical (unpaired) electrons. The number of halogens is 1. The summed E-state index contributed by atoms with van der Waals surface area (Å²) in [5.74, 6) is -0.836. The summed E-state index contributed by atoms with van der Waals surface area (Å²) >= 11 is 0. The van der Waals surface area contributed by atoms with E-state index >= 15 is 4.39 Å². The van der Waals surface area contributed by atoms with Crippen LogP contribution in [-0.4, -0.2) is 65.4 Å². The maximum atomic E-state index is 15.2. The average molecular weight is 709 g/mol. The van der Waals surface area contributed by atoms with Crippen molar-refractivity contribution in [1.82, 2.24) is 15.1 Å². The van der Waals surface area contributed by atoms with Crippen molar-refractivity contribution in [3.05, 3.63) is 66.1 Å². The van der Waals surface area contributed by atoms with Gasteiger partial charge in [-0.1, -0.05) is 36.7 Å². The molecule has 3 heterocycles. The van der Waals surface area contributed by atoms with Crippen molar-refractivity contribution in [2.75, 3.05) is 18.1 Å². The Labute approximate surface area is 290 Å². The summed E-state index contributed by atoms with van der Waals surface area (Å²) in [5.41, 5.74) is -0.239. The molecular weight excluding hydrogens is 667 g/mol. The lowest BCUT2D eigenvalue weighted by Gasteiger charge is -2.28. The fourth-order valence-electron chi connectivity index (χ4n) is 5.20. The Hall–Kier alpha value is -4.69. The first-order valence-electron chi connectivity index (χ1n) is 16.3. The van der Waals surface area contributed by atoms with Gasteiger partial charge in [0.05, 0.1) is 28.6 Å². The van der Waals surface area contributed by atoms with Crippen LogP contribution in [0, 0.1) is 5.82 Å². The quantitative estimate of drug-likeness (QED) is 0.176. The van der Waals surface area contributed by atoms with E-state index in [2.05, 4.69) is 10.1 Å². The summed E-state index contributed by atoms with van der Waals surface area (Å²) in [6.45, 7) is 12.4. The molecule has 2 aromatic heterocycles. The fourth-order valence-corrected chi connectivity index (χ4v) is 6.79. The average Bonchev–Trinajstić information content (AvgIpc) is 3.74. The molecule has 4 aromatic rings. The second-order valence-electron chi connectivity index (χ2n) is 13.9. The van der Waals surface area contributed by atoms with Gasteiger partial charge in [0, 0.05) is 23.8 Å². The number of aromatic nitrogens is 3. The number of carbonyl (C=O) groups excluding carboxylic acids is 2. The molecule has 0 aliphatic carbocycles. The highest BCUT2D eigenvalue weighted by atomic mass is 32.2. The van der Waals surface area contributed by atoms with Gasteiger partial charge >= 0.3 is 12.2 Å². The highest BCUT2D eigenvalue weighted by molar-refractivity contribution is 7.92. The Kier molecular flexibility index (Phi) is 10.4. The summed E-state index contributed by atoms with van der Waals surface area (Å²) in [4.78, 5) is 37.1. The first-order valence-corrected chi connectivity index (χ1v) is 17.8. The maximum Gasteiger partial charge on any atom is 0.425 e. The summed E-state index contributed by atoms with van der Waals surface area (Å²) < 4.78 is 63.5. The number of anilines is 1. The van der Waals surface area contributed by atoms with E-state index in [1.54, 1.807) is 65.8 Å². The molecule has 1 atom stereocenters. The third-order valence-corrected chi connectivity index (χ3v) is 9.69. The zero-order chi connectivity index (χ0) is 36.4. The minimum atomic E-state index is -3.61. The Morgan fingerprint density at radius 3 is 2.18 bits per heavy atom. The first-order chi connectivity index (χ1) is 23.5. The van der Waals surface area contributed by atoms with Crippen molar-refractivity contribution in [2.24, 2.45) is 0 Å². The molecule has 0 spiro atoms. The molecule has 1 saturated heterocycles. The number of sulfone groups is 1. The zero-order valence-corrected chi connectivity index (χ0v) is 30.0. The predicted octanol–water partition coefficient (Wildman–Crippen LogP) is 7.80. The first kappa shape index (κ1) is 36.6. The van der Waals surface area contributed by atoms with Crippen LogP contribution in [-0.2, 0) is 30.5 Å². The molecule has 5 rings (SSSR count). The maximum absolute atomic E-state index is 15.2. The molecule has 0 N–H and O–H groups in total. The normalized spacial score (nSPS) is 15.2. The van der Waals surface area contributed by atoms with Crippen molar-refractivity contribution >= 4 is 27.8 Å². The minimum Gasteiger partial charge on any atom is -0.443 e. The largest absolute Gasteiger partial charge is 0.443 e. The SMILES string of the molecule is CCCc1ccc(-c2cc(-c3nc(-c4ccc(S(=O)(=O)C5CCOC5)cc4)cnc3N(C(=O)OC(C)(C)C)C(=O)OC(C)(C)C)on2)c(F)c1. The van der Waals surface area contributed by atoms with E-state index in [1.165, 1.54) is 30.5 Å². The molecule has 266 valence electrons. The standard InChI is InChI=1S/C36H41FN4O8S/c1-8-9-22-10-15-26(27(37)18-22)28-19-30(49-40-28)31-32(41(33(42)47-35(2,3)4)34(43)48-36(5,6)7)38-20-29(39-31)23-11-13-24(14-12-23)50(44,45)25-16-17-46-21-25/h10-15,18-20,25H,8-9,16-17,21H2,1-7H3. The van der Waals surface area contributed by atoms with E-state index in [9.17, 15) is 18.0 Å². The van der Waals surface area contributed by atoms with Crippen LogP contribution in [0.3, 0.4) is 0 Å². The summed E-state index contributed by atoms with van der Waals surface area (Å²) in [6.07, 6.45) is 1.12. The van der Waals surface area contributed by atoms with Crippen LogP contribution < -0.4 is 4.90 Å². The van der Waals surface area contributed by atoms with E-state index in [4.69, 9.17) is 23.7 Å². The summed E-state index contributed by atoms with van der Waals surface area (Å²) in [7, 11) is -3.61. The zero-order valence-electron chi connectivity index (χ0n) is 29.2. The number of amides is 2. The van der Waals surface area contributed by atoms with Crippen molar-refractivity contribution in [2.45, 2.75) is 89.1 Å². The minimum absolute atomic E-state index is 0.0427. The number of imide groups is 1. The number of ether oxygens (including phenoxy) is 3. The fraction of sp³-hybridized carbons (Fsp3) is 0.417. The van der Waals surface area contributed by atoms with E-state index in [0.29, 0.717) is 29.9 Å². The predicted molar refractivity (Wildman–Crippen MR) is 184 cm³/mol. The topological polar surface area (TPSA) is 151 Å². The molecule has 12 nitrogen and oxygen atoms in total. The van der Waals surface area contributed by atoms with Gasteiger partial charge in [0.25, 0.3) is 0 Å². The van der Waals surface area contributed by atoms with Gasteiger partial charge in [-0.25, -0.2) is 32.4 Å². The molecule has 1 unspecified atom stereocenters. The van der Waals surface area contributed by atoms with Gasteiger partial charge in [-0.15, -0.1) is 0 Å². The number of carbonyl (C=O) groups is 2. The smallest absolute Gasteiger partial charge is 0.425 e. The number of nitrogens with zero attached hydrogens (tertiary/aromatic N) is 4. The van der Waals surface area contributed by atoms with Gasteiger partial charge in [-0.3, -0.25) is 0 Å². The van der Waals surface area contributed by atoms with Gasteiger partial charge in [0.15, 0.2) is 27.1 Å². The van der Waals surface area contributed by atoms with Crippen LogP contribution in [0.5, 0.6) is 0 Å². The molecule has 2 aromatic carbocycles. The van der Waals surface area contributed by atoms with Gasteiger partial charge < -0.3 is 18.7 Å². The van der Waals surface area contributed by atoms with Crippen LogP contribution in [0.25, 0.3) is 34.0 Å². The Morgan fingerprint density at radius 2 is 1.62 bits per heavy atom. The number of rotatable bonds is 8. The lowest BCUT2D eigenvalue weighted by molar-refractivity contribution is 0.0429. The molecule has 1 aliphatic heterocycles. The molecule has 50 heavy (non-hydrogen) atoms. The number of hydrogen-bond acceptors (Lipinski definition) is 11. The van der Waals surface area contributed by atoms with Crippen LogP contribution in [0.4, 0.5) is 19.8 Å². The van der Waals surface area contributed by atoms with Gasteiger partial charge in [0.2, 0.25) is 0 Å². The van der Waals surface area contributed by atoms with Crippen molar-refractivity contribution in [3.8, 4) is 34.0 Å². The highest BCUT2D eigenvalue weighted by Gasteiger charge is 2.37. The molecular formula is C36H41FN4O8S. The molecule has 1 fully saturated rings. The van der Waals surface area contributed by atoms with Crippen LogP contribution >= 0.6 is 0 Å². The van der Waals surface area contributed by atoms with Gasteiger partial charge in [-0.2, -0.15) is 4.90 Å². The number of benzene rings is 2. The lowest BCUT2D eigenvalue weighted by atomic mass is 10.0. The van der Waals surface area contributed by atoms with E-state index in [1.807, 2.05) is 6.92 Å². The molecule has 0 bridgehead atoms. The van der Waals surface area contributed by atoms with Crippen LogP contribution in [0.2, 0.25) is 0 Å². The van der Waals surface area contributed by atoms with Crippen LogP contribution in [0.1, 0.15) is 66.9 Å². The highest BCUT2D eigenvalue weighted by Crippen LogP contribution is 2.35. The Morgan fingerprint density at radius 1 is 0.960 bits per heavy atom.